The second-order valence-electron chi connectivity index (χ2n) is 8.60. The van der Waals surface area contributed by atoms with Gasteiger partial charge >= 0.3 is 0 Å². The van der Waals surface area contributed by atoms with Gasteiger partial charge in [-0.15, -0.1) is 5.10 Å². The van der Waals surface area contributed by atoms with E-state index in [0.717, 1.165) is 62.4 Å². The zero-order valence-electron chi connectivity index (χ0n) is 16.9. The van der Waals surface area contributed by atoms with E-state index in [9.17, 15) is 4.79 Å². The fourth-order valence-electron chi connectivity index (χ4n) is 5.08. The standard InChI is InChI=1S/C22H30N4OS/c1-3-7-19-20(28-24-23-19)21(27)26-12-10-22(11-13-26)14-18(15-25(2)16-22)17-8-5-4-6-9-17/h4-6,8-9,18H,3,7,10-16H2,1-2H3/t18-/m1/s1. The third-order valence-electron chi connectivity index (χ3n) is 6.44. The lowest BCUT2D eigenvalue weighted by molar-refractivity contribution is 0.0226. The van der Waals surface area contributed by atoms with Gasteiger partial charge in [0.15, 0.2) is 0 Å². The first-order valence-corrected chi connectivity index (χ1v) is 11.2. The fraction of sp³-hybridized carbons (Fsp3) is 0.591. The van der Waals surface area contributed by atoms with Crippen LogP contribution in [0.2, 0.25) is 0 Å². The molecule has 5 nitrogen and oxygen atoms in total. The van der Waals surface area contributed by atoms with E-state index >= 15 is 0 Å². The molecule has 2 aromatic rings. The number of carbonyl (C=O) groups is 1. The van der Waals surface area contributed by atoms with Gasteiger partial charge in [-0.25, -0.2) is 0 Å². The number of hydrogen-bond donors (Lipinski definition) is 0. The Labute approximate surface area is 171 Å². The summed E-state index contributed by atoms with van der Waals surface area (Å²) in [5, 5.41) is 4.17. The van der Waals surface area contributed by atoms with E-state index in [1.165, 1.54) is 23.5 Å². The Morgan fingerprint density at radius 3 is 2.71 bits per heavy atom. The smallest absolute Gasteiger partial charge is 0.267 e. The van der Waals surface area contributed by atoms with Crippen LogP contribution in [-0.2, 0) is 6.42 Å². The molecule has 2 aliphatic heterocycles. The summed E-state index contributed by atoms with van der Waals surface area (Å²) in [4.78, 5) is 18.3. The van der Waals surface area contributed by atoms with Crippen molar-refractivity contribution in [3.8, 4) is 0 Å². The molecule has 1 aromatic carbocycles. The molecular weight excluding hydrogens is 368 g/mol. The van der Waals surface area contributed by atoms with Gasteiger partial charge < -0.3 is 9.80 Å². The predicted molar refractivity (Wildman–Crippen MR) is 113 cm³/mol. The maximum absolute atomic E-state index is 13.0. The van der Waals surface area contributed by atoms with Crippen LogP contribution in [0.3, 0.4) is 0 Å². The minimum absolute atomic E-state index is 0.136. The van der Waals surface area contributed by atoms with Gasteiger partial charge in [-0.2, -0.15) is 0 Å². The van der Waals surface area contributed by atoms with Crippen molar-refractivity contribution in [2.75, 3.05) is 33.2 Å². The Hall–Kier alpha value is -1.79. The molecule has 4 rings (SSSR count). The zero-order valence-corrected chi connectivity index (χ0v) is 17.7. The van der Waals surface area contributed by atoms with Crippen LogP contribution in [0, 0.1) is 5.41 Å². The first kappa shape index (κ1) is 19.5. The van der Waals surface area contributed by atoms with Crippen LogP contribution < -0.4 is 0 Å². The topological polar surface area (TPSA) is 49.3 Å². The predicted octanol–water partition coefficient (Wildman–Crippen LogP) is 3.83. The second-order valence-corrected chi connectivity index (χ2v) is 9.35. The molecule has 0 radical (unpaired) electrons. The Bertz CT molecular complexity index is 798. The van der Waals surface area contributed by atoms with Crippen LogP contribution >= 0.6 is 11.5 Å². The first-order valence-electron chi connectivity index (χ1n) is 10.4. The Morgan fingerprint density at radius 2 is 2.00 bits per heavy atom. The number of amides is 1. The van der Waals surface area contributed by atoms with E-state index < -0.39 is 0 Å². The molecule has 1 atom stereocenters. The van der Waals surface area contributed by atoms with Crippen LogP contribution in [0.1, 0.15) is 59.5 Å². The van der Waals surface area contributed by atoms with E-state index in [1.807, 2.05) is 4.90 Å². The van der Waals surface area contributed by atoms with Gasteiger partial charge in [0.1, 0.15) is 4.88 Å². The third kappa shape index (κ3) is 3.98. The fourth-order valence-corrected chi connectivity index (χ4v) is 5.75. The number of likely N-dealkylation sites (N-methyl/N-ethyl adjacent to an activating group) is 1. The molecule has 28 heavy (non-hydrogen) atoms. The Balaban J connectivity index is 1.44. The van der Waals surface area contributed by atoms with E-state index in [1.54, 1.807) is 0 Å². The van der Waals surface area contributed by atoms with Crippen LogP contribution in [0.15, 0.2) is 30.3 Å². The molecule has 150 valence electrons. The molecule has 1 aromatic heterocycles. The summed E-state index contributed by atoms with van der Waals surface area (Å²) in [7, 11) is 2.24. The summed E-state index contributed by atoms with van der Waals surface area (Å²) in [6.45, 7) is 6.07. The number of nitrogens with zero attached hydrogens (tertiary/aromatic N) is 4. The van der Waals surface area contributed by atoms with Crippen molar-refractivity contribution in [3.63, 3.8) is 0 Å². The van der Waals surface area contributed by atoms with Crippen LogP contribution in [0.25, 0.3) is 0 Å². The molecule has 2 saturated heterocycles. The number of piperidine rings is 2. The van der Waals surface area contributed by atoms with E-state index in [4.69, 9.17) is 0 Å². The molecule has 2 fully saturated rings. The quantitative estimate of drug-likeness (QED) is 0.785. The van der Waals surface area contributed by atoms with Crippen molar-refractivity contribution in [3.05, 3.63) is 46.5 Å². The molecule has 2 aliphatic rings. The van der Waals surface area contributed by atoms with Gasteiger partial charge in [0.05, 0.1) is 5.69 Å². The molecule has 0 unspecified atom stereocenters. The second kappa shape index (κ2) is 8.29. The lowest BCUT2D eigenvalue weighted by Gasteiger charge is -2.49. The SMILES string of the molecule is CCCc1nnsc1C(=O)N1CCC2(CC1)C[C@@H](c1ccccc1)CN(C)C2. The monoisotopic (exact) mass is 398 g/mol. The largest absolute Gasteiger partial charge is 0.338 e. The lowest BCUT2D eigenvalue weighted by atomic mass is 9.68. The van der Waals surface area contributed by atoms with E-state index in [2.05, 4.69) is 58.8 Å². The number of likely N-dealkylation sites (tertiary alicyclic amines) is 2. The van der Waals surface area contributed by atoms with Gasteiger partial charge in [-0.3, -0.25) is 4.79 Å². The molecule has 3 heterocycles. The van der Waals surface area contributed by atoms with Crippen LogP contribution in [-0.4, -0.2) is 58.5 Å². The summed E-state index contributed by atoms with van der Waals surface area (Å²) in [6, 6.07) is 10.9. The number of carbonyl (C=O) groups excluding carboxylic acids is 1. The van der Waals surface area contributed by atoms with Crippen molar-refractivity contribution in [2.24, 2.45) is 5.41 Å². The molecular formula is C22H30N4OS. The van der Waals surface area contributed by atoms with E-state index in [-0.39, 0.29) is 5.91 Å². The van der Waals surface area contributed by atoms with Crippen molar-refractivity contribution in [1.82, 2.24) is 19.4 Å². The van der Waals surface area contributed by atoms with Crippen molar-refractivity contribution in [2.45, 2.75) is 44.9 Å². The number of benzene rings is 1. The molecule has 1 amide bonds. The summed E-state index contributed by atoms with van der Waals surface area (Å²) >= 11 is 1.26. The molecule has 0 saturated carbocycles. The molecule has 0 aliphatic carbocycles. The van der Waals surface area contributed by atoms with Crippen LogP contribution in [0.5, 0.6) is 0 Å². The molecule has 1 spiro atoms. The average Bonchev–Trinajstić information content (AvgIpc) is 3.17. The lowest BCUT2D eigenvalue weighted by Crippen LogP contribution is -2.51. The molecule has 0 N–H and O–H groups in total. The highest BCUT2D eigenvalue weighted by atomic mass is 32.1. The highest BCUT2D eigenvalue weighted by molar-refractivity contribution is 7.08. The third-order valence-corrected chi connectivity index (χ3v) is 7.19. The average molecular weight is 399 g/mol. The summed E-state index contributed by atoms with van der Waals surface area (Å²) in [5.41, 5.74) is 2.65. The minimum Gasteiger partial charge on any atom is -0.338 e. The minimum atomic E-state index is 0.136. The number of hydrogen-bond acceptors (Lipinski definition) is 5. The summed E-state index contributed by atoms with van der Waals surface area (Å²) in [5.74, 6) is 0.723. The highest BCUT2D eigenvalue weighted by Crippen LogP contribution is 2.44. The Kier molecular flexibility index (Phi) is 5.78. The molecule has 0 bridgehead atoms. The number of aromatic nitrogens is 2. The van der Waals surface area contributed by atoms with Crippen LogP contribution in [0.4, 0.5) is 0 Å². The first-order chi connectivity index (χ1) is 13.6. The van der Waals surface area contributed by atoms with Crippen molar-refractivity contribution >= 4 is 17.4 Å². The normalized spacial score (nSPS) is 22.5. The summed E-state index contributed by atoms with van der Waals surface area (Å²) in [6.07, 6.45) is 5.22. The maximum Gasteiger partial charge on any atom is 0.267 e. The van der Waals surface area contributed by atoms with Gasteiger partial charge in [-0.05, 0) is 61.2 Å². The van der Waals surface area contributed by atoms with Gasteiger partial charge in [-0.1, -0.05) is 48.2 Å². The van der Waals surface area contributed by atoms with Gasteiger partial charge in [0.25, 0.3) is 5.91 Å². The Morgan fingerprint density at radius 1 is 1.25 bits per heavy atom. The highest BCUT2D eigenvalue weighted by Gasteiger charge is 2.42. The molecule has 6 heteroatoms. The zero-order chi connectivity index (χ0) is 19.6. The number of rotatable bonds is 4. The van der Waals surface area contributed by atoms with Gasteiger partial charge in [0, 0.05) is 26.2 Å². The number of aryl methyl sites for hydroxylation is 1. The van der Waals surface area contributed by atoms with Gasteiger partial charge in [0.2, 0.25) is 0 Å². The van der Waals surface area contributed by atoms with E-state index in [0.29, 0.717) is 11.3 Å². The van der Waals surface area contributed by atoms with Crippen molar-refractivity contribution in [1.29, 1.82) is 0 Å². The maximum atomic E-state index is 13.0. The summed E-state index contributed by atoms with van der Waals surface area (Å²) < 4.78 is 4.03. The van der Waals surface area contributed by atoms with Crippen molar-refractivity contribution < 1.29 is 4.79 Å².